The average Bonchev–Trinajstić information content (AvgIpc) is 3.45. The molecule has 3 aromatic rings. The Morgan fingerprint density at radius 3 is 2.58 bits per heavy atom. The van der Waals surface area contributed by atoms with Crippen LogP contribution >= 0.6 is 23.1 Å². The van der Waals surface area contributed by atoms with Gasteiger partial charge in [-0.2, -0.15) is 5.10 Å². The summed E-state index contributed by atoms with van der Waals surface area (Å²) < 4.78 is 43.4. The summed E-state index contributed by atoms with van der Waals surface area (Å²) in [6.07, 6.45) is -1.76. The van der Waals surface area contributed by atoms with Gasteiger partial charge in [0.1, 0.15) is 17.1 Å². The zero-order chi connectivity index (χ0) is 23.8. The second-order valence-corrected chi connectivity index (χ2v) is 8.99. The van der Waals surface area contributed by atoms with Crippen molar-refractivity contribution in [3.8, 4) is 5.75 Å². The van der Waals surface area contributed by atoms with Gasteiger partial charge in [0.05, 0.1) is 18.0 Å². The number of ether oxygens (including phenoxy) is 1. The molecule has 1 unspecified atom stereocenters. The maximum atomic E-state index is 13.0. The van der Waals surface area contributed by atoms with Crippen molar-refractivity contribution in [2.24, 2.45) is 5.73 Å². The molecule has 9 nitrogen and oxygen atoms in total. The number of hydrogen-bond donors (Lipinski definition) is 1. The Morgan fingerprint density at radius 1 is 1.24 bits per heavy atom. The van der Waals surface area contributed by atoms with Crippen molar-refractivity contribution >= 4 is 29.0 Å². The van der Waals surface area contributed by atoms with Crippen LogP contribution in [0.25, 0.3) is 0 Å². The molecule has 0 saturated heterocycles. The highest BCUT2D eigenvalue weighted by Crippen LogP contribution is 2.44. The zero-order valence-electron chi connectivity index (χ0n) is 17.0. The number of thiazole rings is 1. The van der Waals surface area contributed by atoms with E-state index in [1.54, 1.807) is 13.1 Å². The number of carbonyl (C=O) groups is 1. The minimum Gasteiger partial charge on any atom is -0.406 e. The highest BCUT2D eigenvalue weighted by atomic mass is 32.2. The van der Waals surface area contributed by atoms with Crippen molar-refractivity contribution in [3.63, 3.8) is 0 Å². The first-order chi connectivity index (χ1) is 15.6. The van der Waals surface area contributed by atoms with Gasteiger partial charge in [0, 0.05) is 17.3 Å². The summed E-state index contributed by atoms with van der Waals surface area (Å²) in [6.45, 7) is 2.16. The van der Waals surface area contributed by atoms with Gasteiger partial charge in [-0.05, 0) is 24.6 Å². The van der Waals surface area contributed by atoms with E-state index in [-0.39, 0.29) is 12.3 Å². The number of hydrogen-bond acceptors (Lipinski definition) is 8. The summed E-state index contributed by atoms with van der Waals surface area (Å²) >= 11 is 2.59. The van der Waals surface area contributed by atoms with E-state index in [0.29, 0.717) is 22.7 Å². The number of rotatable bonds is 7. The number of nitrogens with two attached hydrogens (primary N) is 1. The van der Waals surface area contributed by atoms with E-state index < -0.39 is 23.5 Å². The number of allylic oxidation sites excluding steroid dienone is 1. The number of halogens is 3. The molecule has 0 bridgehead atoms. The molecule has 0 aliphatic carbocycles. The Morgan fingerprint density at radius 2 is 1.97 bits per heavy atom. The highest BCUT2D eigenvalue weighted by molar-refractivity contribution is 8.04. The van der Waals surface area contributed by atoms with Crippen LogP contribution in [-0.2, 0) is 17.9 Å². The van der Waals surface area contributed by atoms with Crippen LogP contribution in [0, 0.1) is 0 Å². The number of nitrogens with zero attached hydrogens (tertiary/aromatic N) is 5. The molecule has 0 fully saturated rings. The molecule has 1 aromatic carbocycles. The van der Waals surface area contributed by atoms with E-state index >= 15 is 0 Å². The van der Waals surface area contributed by atoms with Gasteiger partial charge in [0.2, 0.25) is 0 Å². The van der Waals surface area contributed by atoms with Gasteiger partial charge in [0.15, 0.2) is 5.50 Å². The Kier molecular flexibility index (Phi) is 6.21. The number of alkyl halides is 3. The summed E-state index contributed by atoms with van der Waals surface area (Å²) in [4.78, 5) is 31.4. The predicted octanol–water partition coefficient (Wildman–Crippen LogP) is 2.87. The maximum Gasteiger partial charge on any atom is 0.573 e. The summed E-state index contributed by atoms with van der Waals surface area (Å²) in [5, 5.41) is 6.76. The zero-order valence-corrected chi connectivity index (χ0v) is 18.7. The third-order valence-corrected chi connectivity index (χ3v) is 6.94. The molecule has 1 atom stereocenters. The molecule has 14 heteroatoms. The Balaban J connectivity index is 1.56. The second kappa shape index (κ2) is 8.94. The Bertz CT molecular complexity index is 1230. The van der Waals surface area contributed by atoms with Gasteiger partial charge in [0.25, 0.3) is 5.91 Å². The summed E-state index contributed by atoms with van der Waals surface area (Å²) in [5.74, 6) is -0.949. The standard InChI is InChI=1S/C19H17F3N6O3S2/c1-11-15(16(23)29)33-18(26(11)9-14-24-6-7-32-14)27-10-25-28(17(27)30)8-12-2-4-13(5-3-12)31-19(20,21)22/h2-7,10,18H,8-9H2,1H3,(H2,23,29). The van der Waals surface area contributed by atoms with Gasteiger partial charge in [-0.1, -0.05) is 23.9 Å². The lowest BCUT2D eigenvalue weighted by atomic mass is 10.2. The van der Waals surface area contributed by atoms with Gasteiger partial charge >= 0.3 is 12.1 Å². The fourth-order valence-corrected chi connectivity index (χ4v) is 5.09. The molecule has 33 heavy (non-hydrogen) atoms. The number of aromatic nitrogens is 4. The first kappa shape index (κ1) is 22.9. The molecule has 0 spiro atoms. The van der Waals surface area contributed by atoms with Crippen molar-refractivity contribution in [2.45, 2.75) is 31.9 Å². The topological polar surface area (TPSA) is 108 Å². The molecular weight excluding hydrogens is 481 g/mol. The number of carbonyl (C=O) groups excluding carboxylic acids is 1. The average molecular weight is 499 g/mol. The largest absolute Gasteiger partial charge is 0.573 e. The minimum absolute atomic E-state index is 0.0388. The third kappa shape index (κ3) is 5.06. The maximum absolute atomic E-state index is 13.0. The minimum atomic E-state index is -4.78. The molecule has 174 valence electrons. The lowest BCUT2D eigenvalue weighted by molar-refractivity contribution is -0.274. The van der Waals surface area contributed by atoms with Crippen LogP contribution in [0.1, 0.15) is 23.0 Å². The van der Waals surface area contributed by atoms with Crippen LogP contribution in [0.2, 0.25) is 0 Å². The molecule has 1 aliphatic heterocycles. The van der Waals surface area contributed by atoms with Gasteiger partial charge in [-0.3, -0.25) is 9.36 Å². The van der Waals surface area contributed by atoms with Crippen LogP contribution in [-0.4, -0.2) is 36.5 Å². The van der Waals surface area contributed by atoms with Crippen LogP contribution in [0.5, 0.6) is 5.75 Å². The molecule has 3 heterocycles. The molecule has 2 N–H and O–H groups in total. The van der Waals surface area contributed by atoms with Crippen molar-refractivity contribution in [1.29, 1.82) is 0 Å². The van der Waals surface area contributed by atoms with E-state index in [0.717, 1.165) is 16.8 Å². The molecule has 4 rings (SSSR count). The normalized spacial score (nSPS) is 16.5. The van der Waals surface area contributed by atoms with E-state index in [2.05, 4.69) is 14.8 Å². The number of benzene rings is 1. The van der Waals surface area contributed by atoms with Crippen LogP contribution in [0.3, 0.4) is 0 Å². The Hall–Kier alpha value is -3.26. The van der Waals surface area contributed by atoms with E-state index in [4.69, 9.17) is 5.73 Å². The number of thioether (sulfide) groups is 1. The molecule has 0 radical (unpaired) electrons. The molecular formula is C19H17F3N6O3S2. The molecule has 1 amide bonds. The smallest absolute Gasteiger partial charge is 0.406 e. The lowest BCUT2D eigenvalue weighted by Crippen LogP contribution is -2.33. The van der Waals surface area contributed by atoms with Crippen LogP contribution < -0.4 is 16.2 Å². The first-order valence-electron chi connectivity index (χ1n) is 9.43. The van der Waals surface area contributed by atoms with Gasteiger partial charge in [-0.15, -0.1) is 24.5 Å². The second-order valence-electron chi connectivity index (χ2n) is 6.95. The van der Waals surface area contributed by atoms with Crippen molar-refractivity contribution < 1.29 is 22.7 Å². The molecule has 1 aliphatic rings. The Labute approximate surface area is 193 Å². The predicted molar refractivity (Wildman–Crippen MR) is 115 cm³/mol. The highest BCUT2D eigenvalue weighted by Gasteiger charge is 2.36. The number of amides is 1. The molecule has 0 saturated carbocycles. The lowest BCUT2D eigenvalue weighted by Gasteiger charge is -2.26. The SMILES string of the molecule is CC1=C(C(N)=O)SC(n2cnn(Cc3ccc(OC(F)(F)F)cc3)c2=O)N1Cc1nccs1. The first-order valence-corrected chi connectivity index (χ1v) is 11.2. The van der Waals surface area contributed by atoms with Crippen molar-refractivity contribution in [2.75, 3.05) is 0 Å². The van der Waals surface area contributed by atoms with Crippen LogP contribution in [0.15, 0.2) is 57.6 Å². The van der Waals surface area contributed by atoms with Crippen molar-refractivity contribution in [1.82, 2.24) is 24.2 Å². The number of primary amides is 1. The molecule has 2 aromatic heterocycles. The fourth-order valence-electron chi connectivity index (χ4n) is 3.25. The summed E-state index contributed by atoms with van der Waals surface area (Å²) in [6, 6.07) is 5.17. The van der Waals surface area contributed by atoms with E-state index in [1.165, 1.54) is 51.2 Å². The monoisotopic (exact) mass is 498 g/mol. The summed E-state index contributed by atoms with van der Waals surface area (Å²) in [7, 11) is 0. The fraction of sp³-hybridized carbons (Fsp3) is 0.263. The van der Waals surface area contributed by atoms with Crippen molar-refractivity contribution in [3.05, 3.63) is 73.8 Å². The van der Waals surface area contributed by atoms with E-state index in [1.807, 2.05) is 10.3 Å². The van der Waals surface area contributed by atoms with Crippen LogP contribution in [0.4, 0.5) is 13.2 Å². The van der Waals surface area contributed by atoms with Gasteiger partial charge in [-0.25, -0.2) is 14.5 Å². The summed E-state index contributed by atoms with van der Waals surface area (Å²) in [5.41, 5.74) is 5.65. The quantitative estimate of drug-likeness (QED) is 0.534. The third-order valence-electron chi connectivity index (χ3n) is 4.75. The van der Waals surface area contributed by atoms with Gasteiger partial charge < -0.3 is 15.4 Å². The van der Waals surface area contributed by atoms with E-state index in [9.17, 15) is 22.8 Å².